The second-order valence-electron chi connectivity index (χ2n) is 6.54. The minimum atomic E-state index is -0.318. The van der Waals surface area contributed by atoms with Crippen LogP contribution in [0.4, 0.5) is 0 Å². The van der Waals surface area contributed by atoms with Gasteiger partial charge in [-0.15, -0.1) is 0 Å². The van der Waals surface area contributed by atoms with Crippen LogP contribution in [0.25, 0.3) is 0 Å². The van der Waals surface area contributed by atoms with Gasteiger partial charge >= 0.3 is 0 Å². The van der Waals surface area contributed by atoms with E-state index < -0.39 is 0 Å². The molecule has 1 aromatic carbocycles. The molecule has 0 aliphatic carbocycles. The molecule has 1 aromatic rings. The molecule has 4 heteroatoms. The number of ether oxygens (including phenoxy) is 1. The summed E-state index contributed by atoms with van der Waals surface area (Å²) in [5.41, 5.74) is 1.11. The number of nitrogens with one attached hydrogen (secondary N) is 2. The van der Waals surface area contributed by atoms with Crippen LogP contribution in [0.2, 0.25) is 0 Å². The van der Waals surface area contributed by atoms with Crippen LogP contribution in [0.3, 0.4) is 0 Å². The van der Waals surface area contributed by atoms with Gasteiger partial charge in [0.05, 0.1) is 0 Å². The molecule has 0 radical (unpaired) electrons. The fraction of sp³-hybridized carbons (Fsp3) is 0.611. The number of hydrogen-bond donors (Lipinski definition) is 2. The van der Waals surface area contributed by atoms with E-state index in [1.165, 1.54) is 31.5 Å². The summed E-state index contributed by atoms with van der Waals surface area (Å²) in [6.45, 7) is 9.37. The molecule has 0 spiro atoms. The minimum absolute atomic E-state index is 0.318. The molecule has 0 amide bonds. The first-order chi connectivity index (χ1) is 10.5. The maximum Gasteiger partial charge on any atom is 0.293 e. The van der Waals surface area contributed by atoms with Crippen LogP contribution in [0.1, 0.15) is 39.2 Å². The van der Waals surface area contributed by atoms with E-state index in [1.54, 1.807) is 0 Å². The molecule has 0 unspecified atom stereocenters. The van der Waals surface area contributed by atoms with Crippen molar-refractivity contribution in [1.82, 2.24) is 10.6 Å². The Bertz CT molecular complexity index is 395. The summed E-state index contributed by atoms with van der Waals surface area (Å²) in [6, 6.07) is 11.4. The molecule has 2 N–H and O–H groups in total. The molecule has 1 aliphatic rings. The predicted octanol–water partition coefficient (Wildman–Crippen LogP) is 2.53. The Morgan fingerprint density at radius 1 is 1.23 bits per heavy atom. The van der Waals surface area contributed by atoms with Crippen LogP contribution >= 0.6 is 0 Å². The molecule has 2 rings (SSSR count). The number of carbonyl (C=O) groups excluding carboxylic acids is 1. The van der Waals surface area contributed by atoms with Crippen molar-refractivity contribution in [1.29, 1.82) is 0 Å². The van der Waals surface area contributed by atoms with Gasteiger partial charge in [-0.3, -0.25) is 4.79 Å². The van der Waals surface area contributed by atoms with E-state index in [0.29, 0.717) is 6.47 Å². The Balaban J connectivity index is 0.000000295. The molecule has 1 aliphatic heterocycles. The molecule has 0 bridgehead atoms. The Labute approximate surface area is 134 Å². The highest BCUT2D eigenvalue weighted by atomic mass is 16.5. The zero-order valence-electron chi connectivity index (χ0n) is 14.1. The Kier molecular flexibility index (Phi) is 8.78. The van der Waals surface area contributed by atoms with Crippen LogP contribution in [-0.2, 0) is 16.0 Å². The van der Waals surface area contributed by atoms with Crippen molar-refractivity contribution in [2.24, 2.45) is 0 Å². The first-order valence-corrected chi connectivity index (χ1v) is 8.11. The predicted molar refractivity (Wildman–Crippen MR) is 90.9 cm³/mol. The fourth-order valence-electron chi connectivity index (χ4n) is 2.24. The topological polar surface area (TPSA) is 50.4 Å². The Hall–Kier alpha value is -1.39. The van der Waals surface area contributed by atoms with E-state index in [1.807, 2.05) is 20.8 Å². The van der Waals surface area contributed by atoms with Gasteiger partial charge in [-0.25, -0.2) is 0 Å². The van der Waals surface area contributed by atoms with Crippen molar-refractivity contribution in [3.8, 4) is 0 Å². The quantitative estimate of drug-likeness (QED) is 0.821. The van der Waals surface area contributed by atoms with E-state index in [-0.39, 0.29) is 5.60 Å². The lowest BCUT2D eigenvalue weighted by atomic mass is 10.1. The van der Waals surface area contributed by atoms with Gasteiger partial charge in [0, 0.05) is 6.04 Å². The van der Waals surface area contributed by atoms with E-state index in [0.717, 1.165) is 19.0 Å². The maximum atomic E-state index is 9.60. The summed E-state index contributed by atoms with van der Waals surface area (Å²) in [7, 11) is 0. The highest BCUT2D eigenvalue weighted by molar-refractivity contribution is 5.37. The first kappa shape index (κ1) is 18.7. The third-order valence-electron chi connectivity index (χ3n) is 3.43. The van der Waals surface area contributed by atoms with Crippen LogP contribution in [0.15, 0.2) is 30.3 Å². The lowest BCUT2D eigenvalue weighted by Crippen LogP contribution is -2.40. The SMILES string of the molecule is CC(C)(C)OC=O.c1ccc(CCNC2CCNCC2)cc1. The molecule has 124 valence electrons. The van der Waals surface area contributed by atoms with Crippen LogP contribution < -0.4 is 10.6 Å². The van der Waals surface area contributed by atoms with Crippen molar-refractivity contribution in [3.05, 3.63) is 35.9 Å². The van der Waals surface area contributed by atoms with E-state index in [2.05, 4.69) is 45.7 Å². The summed E-state index contributed by atoms with van der Waals surface area (Å²) in [5, 5.41) is 7.01. The van der Waals surface area contributed by atoms with Gasteiger partial charge < -0.3 is 15.4 Å². The molecule has 0 saturated carbocycles. The van der Waals surface area contributed by atoms with Crippen LogP contribution in [0, 0.1) is 0 Å². The number of benzene rings is 1. The first-order valence-electron chi connectivity index (χ1n) is 8.11. The van der Waals surface area contributed by atoms with Gasteiger partial charge in [-0.2, -0.15) is 0 Å². The molecule has 22 heavy (non-hydrogen) atoms. The number of piperidine rings is 1. The molecule has 0 atom stereocenters. The van der Waals surface area contributed by atoms with Crippen molar-refractivity contribution in [2.45, 2.75) is 51.7 Å². The molecule has 0 aromatic heterocycles. The van der Waals surface area contributed by atoms with Gasteiger partial charge in [0.15, 0.2) is 0 Å². The molecule has 4 nitrogen and oxygen atoms in total. The number of carbonyl (C=O) groups is 1. The third-order valence-corrected chi connectivity index (χ3v) is 3.43. The summed E-state index contributed by atoms with van der Waals surface area (Å²) in [6.07, 6.45) is 3.69. The summed E-state index contributed by atoms with van der Waals surface area (Å²) in [4.78, 5) is 9.60. The fourth-order valence-corrected chi connectivity index (χ4v) is 2.24. The average molecular weight is 306 g/mol. The zero-order chi connectivity index (χ0) is 16.3. The van der Waals surface area contributed by atoms with Crippen molar-refractivity contribution in [2.75, 3.05) is 19.6 Å². The molecule has 1 saturated heterocycles. The van der Waals surface area contributed by atoms with Gasteiger partial charge in [0.2, 0.25) is 0 Å². The Morgan fingerprint density at radius 2 is 1.86 bits per heavy atom. The van der Waals surface area contributed by atoms with Crippen molar-refractivity contribution in [3.63, 3.8) is 0 Å². The van der Waals surface area contributed by atoms with Crippen LogP contribution in [-0.4, -0.2) is 37.7 Å². The summed E-state index contributed by atoms with van der Waals surface area (Å²) < 4.78 is 4.55. The lowest BCUT2D eigenvalue weighted by Gasteiger charge is -2.23. The van der Waals surface area contributed by atoms with E-state index >= 15 is 0 Å². The third kappa shape index (κ3) is 9.53. The van der Waals surface area contributed by atoms with Gasteiger partial charge in [-0.1, -0.05) is 30.3 Å². The second kappa shape index (κ2) is 10.4. The molecule has 1 heterocycles. The smallest absolute Gasteiger partial charge is 0.293 e. The number of rotatable bonds is 5. The second-order valence-corrected chi connectivity index (χ2v) is 6.54. The lowest BCUT2D eigenvalue weighted by molar-refractivity contribution is -0.138. The molecular formula is C18H30N2O2. The summed E-state index contributed by atoms with van der Waals surface area (Å²) in [5.74, 6) is 0. The normalized spacial score (nSPS) is 15.6. The van der Waals surface area contributed by atoms with Gasteiger partial charge in [-0.05, 0) is 65.2 Å². The average Bonchev–Trinajstić information content (AvgIpc) is 2.49. The molecular weight excluding hydrogens is 276 g/mol. The van der Waals surface area contributed by atoms with E-state index in [9.17, 15) is 4.79 Å². The van der Waals surface area contributed by atoms with Gasteiger partial charge in [0.25, 0.3) is 6.47 Å². The Morgan fingerprint density at radius 3 is 2.36 bits per heavy atom. The number of hydrogen-bond acceptors (Lipinski definition) is 4. The standard InChI is InChI=1S/C13H20N2.C5H10O2/c1-2-4-12(5-3-1)6-11-15-13-7-9-14-10-8-13;1-5(2,3)7-4-6/h1-5,13-15H,6-11H2;4H,1-3H3. The van der Waals surface area contributed by atoms with E-state index in [4.69, 9.17) is 0 Å². The largest absolute Gasteiger partial charge is 0.462 e. The van der Waals surface area contributed by atoms with Crippen molar-refractivity contribution >= 4 is 6.47 Å². The minimum Gasteiger partial charge on any atom is -0.462 e. The highest BCUT2D eigenvalue weighted by Gasteiger charge is 2.11. The van der Waals surface area contributed by atoms with Crippen molar-refractivity contribution < 1.29 is 9.53 Å². The highest BCUT2D eigenvalue weighted by Crippen LogP contribution is 2.03. The maximum absolute atomic E-state index is 9.60. The van der Waals surface area contributed by atoms with Gasteiger partial charge in [0.1, 0.15) is 5.60 Å². The molecule has 1 fully saturated rings. The van der Waals surface area contributed by atoms with Crippen LogP contribution in [0.5, 0.6) is 0 Å². The summed E-state index contributed by atoms with van der Waals surface area (Å²) >= 11 is 0. The monoisotopic (exact) mass is 306 g/mol. The zero-order valence-corrected chi connectivity index (χ0v) is 14.1.